The summed E-state index contributed by atoms with van der Waals surface area (Å²) < 4.78 is 6.59. The van der Waals surface area contributed by atoms with Crippen LogP contribution in [-0.2, 0) is 4.79 Å². The zero-order chi connectivity index (χ0) is 14.5. The Kier molecular flexibility index (Phi) is 5.43. The number of ether oxygens (including phenoxy) is 1. The first-order valence-electron chi connectivity index (χ1n) is 7.00. The molecule has 2 N–H and O–H groups in total. The number of carbonyl (C=O) groups is 1. The van der Waals surface area contributed by atoms with Gasteiger partial charge in [-0.05, 0) is 53.4 Å². The third-order valence-electron chi connectivity index (χ3n) is 3.63. The number of amides is 1. The van der Waals surface area contributed by atoms with Gasteiger partial charge >= 0.3 is 0 Å². The van der Waals surface area contributed by atoms with Gasteiger partial charge in [-0.2, -0.15) is 0 Å². The first kappa shape index (κ1) is 15.3. The second-order valence-electron chi connectivity index (χ2n) is 5.15. The normalized spacial score (nSPS) is 18.4. The molecule has 1 fully saturated rings. The zero-order valence-electron chi connectivity index (χ0n) is 11.8. The monoisotopic (exact) mass is 340 g/mol. The second kappa shape index (κ2) is 7.09. The second-order valence-corrected chi connectivity index (χ2v) is 6.01. The number of benzene rings is 1. The molecule has 0 bridgehead atoms. The first-order chi connectivity index (χ1) is 9.61. The molecule has 1 saturated heterocycles. The molecule has 110 valence electrons. The Morgan fingerprint density at radius 3 is 3.05 bits per heavy atom. The number of nitrogens with zero attached hydrogens (tertiary/aromatic N) is 1. The molecule has 1 amide bonds. The van der Waals surface area contributed by atoms with E-state index in [-0.39, 0.29) is 11.9 Å². The maximum atomic E-state index is 12.1. The van der Waals surface area contributed by atoms with Gasteiger partial charge in [0, 0.05) is 19.1 Å². The highest BCUT2D eigenvalue weighted by Crippen LogP contribution is 2.26. The van der Waals surface area contributed by atoms with Crippen LogP contribution in [0.5, 0.6) is 5.75 Å². The summed E-state index contributed by atoms with van der Waals surface area (Å²) in [5.74, 6) is 0.918. The van der Waals surface area contributed by atoms with Gasteiger partial charge in [0.2, 0.25) is 5.91 Å². The van der Waals surface area contributed by atoms with E-state index < -0.39 is 0 Å². The molecular weight excluding hydrogens is 320 g/mol. The molecule has 1 aromatic rings. The van der Waals surface area contributed by atoms with Crippen molar-refractivity contribution in [2.75, 3.05) is 19.7 Å². The number of rotatable bonds is 5. The van der Waals surface area contributed by atoms with E-state index in [1.165, 1.54) is 5.56 Å². The molecule has 2 rings (SSSR count). The van der Waals surface area contributed by atoms with E-state index in [9.17, 15) is 4.79 Å². The van der Waals surface area contributed by atoms with E-state index in [0.717, 1.165) is 29.6 Å². The minimum atomic E-state index is 0.140. The number of halogens is 1. The third kappa shape index (κ3) is 3.73. The molecule has 1 aliphatic rings. The van der Waals surface area contributed by atoms with Crippen molar-refractivity contribution in [1.29, 1.82) is 0 Å². The minimum absolute atomic E-state index is 0.140. The van der Waals surface area contributed by atoms with Crippen molar-refractivity contribution in [2.24, 2.45) is 5.73 Å². The Hall–Kier alpha value is -1.07. The Labute approximate surface area is 128 Å². The lowest BCUT2D eigenvalue weighted by Crippen LogP contribution is -2.40. The Morgan fingerprint density at radius 2 is 2.35 bits per heavy atom. The lowest BCUT2D eigenvalue weighted by atomic mass is 10.2. The molecule has 0 aliphatic carbocycles. The number of nitrogens with two attached hydrogens (primary N) is 1. The number of hydrogen-bond donors (Lipinski definition) is 1. The van der Waals surface area contributed by atoms with E-state index in [0.29, 0.717) is 19.6 Å². The maximum absolute atomic E-state index is 12.1. The van der Waals surface area contributed by atoms with Crippen molar-refractivity contribution in [1.82, 2.24) is 4.90 Å². The van der Waals surface area contributed by atoms with Gasteiger partial charge in [0.05, 0.1) is 17.5 Å². The minimum Gasteiger partial charge on any atom is -0.492 e. The molecule has 1 atom stereocenters. The fourth-order valence-electron chi connectivity index (χ4n) is 2.52. The van der Waals surface area contributed by atoms with E-state index in [1.807, 2.05) is 30.0 Å². The topological polar surface area (TPSA) is 55.6 Å². The highest BCUT2D eigenvalue weighted by Gasteiger charge is 2.27. The van der Waals surface area contributed by atoms with Gasteiger partial charge in [0.1, 0.15) is 5.75 Å². The van der Waals surface area contributed by atoms with Gasteiger partial charge in [0.25, 0.3) is 0 Å². The predicted octanol–water partition coefficient (Wildman–Crippen LogP) is 2.48. The maximum Gasteiger partial charge on any atom is 0.226 e. The molecular formula is C15H21BrN2O2. The van der Waals surface area contributed by atoms with Crippen molar-refractivity contribution in [3.63, 3.8) is 0 Å². The van der Waals surface area contributed by atoms with E-state index in [4.69, 9.17) is 10.5 Å². The summed E-state index contributed by atoms with van der Waals surface area (Å²) in [5.41, 5.74) is 6.85. The molecule has 1 aromatic carbocycles. The van der Waals surface area contributed by atoms with Gasteiger partial charge < -0.3 is 15.4 Å². The Morgan fingerprint density at radius 1 is 1.55 bits per heavy atom. The predicted molar refractivity (Wildman–Crippen MR) is 82.8 cm³/mol. The summed E-state index contributed by atoms with van der Waals surface area (Å²) in [6, 6.07) is 6.13. The fourth-order valence-corrected chi connectivity index (χ4v) is 3.13. The van der Waals surface area contributed by atoms with Crippen LogP contribution in [0.1, 0.15) is 24.8 Å². The van der Waals surface area contributed by atoms with Crippen LogP contribution in [0.2, 0.25) is 0 Å². The standard InChI is InChI=1S/C15H21BrN2O2/c1-11-4-5-14(13(16)9-11)20-8-6-15(19)18-7-2-3-12(18)10-17/h4-5,9,12H,2-3,6-8,10,17H2,1H3. The molecule has 0 saturated carbocycles. The van der Waals surface area contributed by atoms with Gasteiger partial charge in [-0.1, -0.05) is 6.07 Å². The van der Waals surface area contributed by atoms with E-state index >= 15 is 0 Å². The molecule has 0 spiro atoms. The summed E-state index contributed by atoms with van der Waals surface area (Å²) >= 11 is 3.46. The number of likely N-dealkylation sites (tertiary alicyclic amines) is 1. The van der Waals surface area contributed by atoms with Crippen LogP contribution in [0.3, 0.4) is 0 Å². The fraction of sp³-hybridized carbons (Fsp3) is 0.533. The summed E-state index contributed by atoms with van der Waals surface area (Å²) in [6.45, 7) is 3.80. The largest absolute Gasteiger partial charge is 0.492 e. The van der Waals surface area contributed by atoms with Crippen molar-refractivity contribution in [3.05, 3.63) is 28.2 Å². The molecule has 1 aliphatic heterocycles. The summed E-state index contributed by atoms with van der Waals surface area (Å²) in [7, 11) is 0. The molecule has 1 unspecified atom stereocenters. The van der Waals surface area contributed by atoms with Crippen molar-refractivity contribution in [2.45, 2.75) is 32.2 Å². The SMILES string of the molecule is Cc1ccc(OCCC(=O)N2CCCC2CN)c(Br)c1. The van der Waals surface area contributed by atoms with E-state index in [1.54, 1.807) is 0 Å². The smallest absolute Gasteiger partial charge is 0.226 e. The van der Waals surface area contributed by atoms with Gasteiger partial charge in [-0.15, -0.1) is 0 Å². The molecule has 0 aromatic heterocycles. The number of aryl methyl sites for hydroxylation is 1. The van der Waals surface area contributed by atoms with E-state index in [2.05, 4.69) is 15.9 Å². The van der Waals surface area contributed by atoms with Crippen LogP contribution >= 0.6 is 15.9 Å². The van der Waals surface area contributed by atoms with Crippen LogP contribution in [-0.4, -0.2) is 36.5 Å². The van der Waals surface area contributed by atoms with Crippen LogP contribution in [0.15, 0.2) is 22.7 Å². The Bertz CT molecular complexity index is 479. The van der Waals surface area contributed by atoms with Crippen molar-refractivity contribution < 1.29 is 9.53 Å². The molecule has 4 nitrogen and oxygen atoms in total. The quantitative estimate of drug-likeness (QED) is 0.895. The van der Waals surface area contributed by atoms with Crippen LogP contribution in [0.25, 0.3) is 0 Å². The zero-order valence-corrected chi connectivity index (χ0v) is 13.4. The lowest BCUT2D eigenvalue weighted by molar-refractivity contribution is -0.132. The van der Waals surface area contributed by atoms with Crippen molar-refractivity contribution in [3.8, 4) is 5.75 Å². The third-order valence-corrected chi connectivity index (χ3v) is 4.25. The Balaban J connectivity index is 1.82. The number of carbonyl (C=O) groups excluding carboxylic acids is 1. The van der Waals surface area contributed by atoms with Gasteiger partial charge in [0.15, 0.2) is 0 Å². The summed E-state index contributed by atoms with van der Waals surface area (Å²) in [4.78, 5) is 14.0. The average Bonchev–Trinajstić information content (AvgIpc) is 2.89. The highest BCUT2D eigenvalue weighted by molar-refractivity contribution is 9.10. The van der Waals surface area contributed by atoms with Gasteiger partial charge in [-0.25, -0.2) is 0 Å². The van der Waals surface area contributed by atoms with Crippen molar-refractivity contribution >= 4 is 21.8 Å². The molecule has 1 heterocycles. The molecule has 0 radical (unpaired) electrons. The number of hydrogen-bond acceptors (Lipinski definition) is 3. The van der Waals surface area contributed by atoms with Crippen LogP contribution in [0, 0.1) is 6.92 Å². The van der Waals surface area contributed by atoms with Crippen LogP contribution in [0.4, 0.5) is 0 Å². The van der Waals surface area contributed by atoms with Gasteiger partial charge in [-0.3, -0.25) is 4.79 Å². The first-order valence-corrected chi connectivity index (χ1v) is 7.79. The lowest BCUT2D eigenvalue weighted by Gasteiger charge is -2.23. The van der Waals surface area contributed by atoms with Crippen LogP contribution < -0.4 is 10.5 Å². The molecule has 5 heteroatoms. The average molecular weight is 341 g/mol. The highest BCUT2D eigenvalue weighted by atomic mass is 79.9. The molecule has 20 heavy (non-hydrogen) atoms. The summed E-state index contributed by atoms with van der Waals surface area (Å²) in [5, 5.41) is 0. The summed E-state index contributed by atoms with van der Waals surface area (Å²) in [6.07, 6.45) is 2.47.